The van der Waals surface area contributed by atoms with Crippen molar-refractivity contribution >= 4 is 39.4 Å². The van der Waals surface area contributed by atoms with Gasteiger partial charge >= 0.3 is 5.97 Å². The summed E-state index contributed by atoms with van der Waals surface area (Å²) >= 11 is 9.07. The third-order valence-corrected chi connectivity index (χ3v) is 3.55. The second-order valence-corrected chi connectivity index (χ2v) is 5.42. The Balaban J connectivity index is 2.81. The summed E-state index contributed by atoms with van der Waals surface area (Å²) in [6.45, 7) is 1.97. The molecule has 6 heteroatoms. The maximum Gasteiger partial charge on any atom is 0.326 e. The molecule has 0 unspecified atom stereocenters. The van der Waals surface area contributed by atoms with Crippen LogP contribution < -0.4 is 5.32 Å². The van der Waals surface area contributed by atoms with Crippen molar-refractivity contribution in [1.29, 1.82) is 0 Å². The fourth-order valence-electron chi connectivity index (χ4n) is 1.57. The Morgan fingerprint density at radius 1 is 1.47 bits per heavy atom. The van der Waals surface area contributed by atoms with Crippen LogP contribution in [0, 0.1) is 0 Å². The van der Waals surface area contributed by atoms with Gasteiger partial charge in [-0.25, -0.2) is 4.79 Å². The maximum absolute atomic E-state index is 12.0. The second kappa shape index (κ2) is 7.50. The van der Waals surface area contributed by atoms with E-state index in [2.05, 4.69) is 21.2 Å². The van der Waals surface area contributed by atoms with Gasteiger partial charge in [-0.15, -0.1) is 0 Å². The first-order chi connectivity index (χ1) is 8.95. The summed E-state index contributed by atoms with van der Waals surface area (Å²) in [5.41, 5.74) is 0.329. The van der Waals surface area contributed by atoms with E-state index in [9.17, 15) is 9.59 Å². The Kier molecular flexibility index (Phi) is 6.31. The first-order valence-electron chi connectivity index (χ1n) is 5.94. The van der Waals surface area contributed by atoms with Gasteiger partial charge in [-0.3, -0.25) is 4.79 Å². The quantitative estimate of drug-likeness (QED) is 0.827. The van der Waals surface area contributed by atoms with E-state index in [1.54, 1.807) is 12.1 Å². The van der Waals surface area contributed by atoms with Gasteiger partial charge in [0, 0.05) is 9.50 Å². The predicted molar refractivity (Wildman–Crippen MR) is 77.6 cm³/mol. The number of rotatable bonds is 6. The summed E-state index contributed by atoms with van der Waals surface area (Å²) in [5.74, 6) is -1.47. The Morgan fingerprint density at radius 2 is 2.16 bits per heavy atom. The van der Waals surface area contributed by atoms with E-state index in [-0.39, 0.29) is 0 Å². The van der Waals surface area contributed by atoms with E-state index >= 15 is 0 Å². The number of hydrogen-bond acceptors (Lipinski definition) is 2. The molecule has 1 rings (SSSR count). The third-order valence-electron chi connectivity index (χ3n) is 2.62. The van der Waals surface area contributed by atoms with Crippen LogP contribution in [0.1, 0.15) is 36.5 Å². The van der Waals surface area contributed by atoms with Crippen LogP contribution in [0.15, 0.2) is 22.7 Å². The highest BCUT2D eigenvalue weighted by atomic mass is 79.9. The van der Waals surface area contributed by atoms with Crippen LogP contribution in [0.25, 0.3) is 0 Å². The molecule has 104 valence electrons. The van der Waals surface area contributed by atoms with Gasteiger partial charge in [0.05, 0.1) is 5.56 Å². The minimum atomic E-state index is -1.03. The normalized spacial score (nSPS) is 11.9. The minimum Gasteiger partial charge on any atom is -0.480 e. The monoisotopic (exact) mass is 347 g/mol. The first-order valence-corrected chi connectivity index (χ1v) is 7.11. The van der Waals surface area contributed by atoms with Crippen molar-refractivity contribution in [2.45, 2.75) is 32.2 Å². The molecular weight excluding hydrogens is 334 g/mol. The number of unbranched alkanes of at least 4 members (excludes halogenated alkanes) is 1. The average Bonchev–Trinajstić information content (AvgIpc) is 2.36. The number of nitrogens with one attached hydrogen (secondary N) is 1. The Bertz CT molecular complexity index is 479. The van der Waals surface area contributed by atoms with Crippen LogP contribution in [0.4, 0.5) is 0 Å². The molecule has 19 heavy (non-hydrogen) atoms. The van der Waals surface area contributed by atoms with Crippen molar-refractivity contribution < 1.29 is 14.7 Å². The molecule has 0 aromatic heterocycles. The number of aliphatic carboxylic acids is 1. The highest BCUT2D eigenvalue weighted by Gasteiger charge is 2.21. The van der Waals surface area contributed by atoms with E-state index < -0.39 is 17.9 Å². The predicted octanol–water partition coefficient (Wildman–Crippen LogP) is 3.48. The molecule has 0 fully saturated rings. The van der Waals surface area contributed by atoms with Crippen LogP contribution in [-0.4, -0.2) is 23.0 Å². The molecule has 1 amide bonds. The molecule has 1 aromatic carbocycles. The van der Waals surface area contributed by atoms with Gasteiger partial charge < -0.3 is 10.4 Å². The summed E-state index contributed by atoms with van der Waals surface area (Å²) in [4.78, 5) is 23.1. The number of carbonyl (C=O) groups is 2. The van der Waals surface area contributed by atoms with E-state index in [4.69, 9.17) is 16.7 Å². The summed E-state index contributed by atoms with van der Waals surface area (Å²) in [5, 5.41) is 12.0. The van der Waals surface area contributed by atoms with Gasteiger partial charge in [0.2, 0.25) is 0 Å². The van der Waals surface area contributed by atoms with Crippen LogP contribution >= 0.6 is 27.5 Å². The van der Waals surface area contributed by atoms with Gasteiger partial charge in [0.15, 0.2) is 0 Å². The summed E-state index contributed by atoms with van der Waals surface area (Å²) in [7, 11) is 0. The van der Waals surface area contributed by atoms with E-state index in [1.165, 1.54) is 6.07 Å². The highest BCUT2D eigenvalue weighted by Crippen LogP contribution is 2.21. The minimum absolute atomic E-state index is 0.329. The molecule has 0 spiro atoms. The van der Waals surface area contributed by atoms with E-state index in [0.29, 0.717) is 21.5 Å². The lowest BCUT2D eigenvalue weighted by atomic mass is 10.1. The zero-order valence-corrected chi connectivity index (χ0v) is 12.8. The van der Waals surface area contributed by atoms with Crippen molar-refractivity contribution in [2.24, 2.45) is 0 Å². The number of amides is 1. The topological polar surface area (TPSA) is 66.4 Å². The van der Waals surface area contributed by atoms with Crippen molar-refractivity contribution in [1.82, 2.24) is 5.32 Å². The van der Waals surface area contributed by atoms with E-state index in [1.807, 2.05) is 6.92 Å². The Morgan fingerprint density at radius 3 is 2.74 bits per heavy atom. The fraction of sp³-hybridized carbons (Fsp3) is 0.385. The SMILES string of the molecule is CCCC[C@H](NC(=O)c1cc(Cl)ccc1Br)C(=O)O. The maximum atomic E-state index is 12.0. The van der Waals surface area contributed by atoms with Crippen molar-refractivity contribution in [3.8, 4) is 0 Å². The number of carboxylic acids is 1. The molecule has 0 aliphatic heterocycles. The number of benzene rings is 1. The molecule has 2 N–H and O–H groups in total. The molecule has 0 heterocycles. The van der Waals surface area contributed by atoms with Gasteiger partial charge in [-0.05, 0) is 40.5 Å². The molecule has 0 bridgehead atoms. The lowest BCUT2D eigenvalue weighted by Gasteiger charge is -2.14. The van der Waals surface area contributed by atoms with Gasteiger partial charge in [-0.1, -0.05) is 31.4 Å². The van der Waals surface area contributed by atoms with E-state index in [0.717, 1.165) is 12.8 Å². The molecule has 0 saturated carbocycles. The molecule has 0 saturated heterocycles. The Labute approximate surface area is 125 Å². The van der Waals surface area contributed by atoms with Crippen LogP contribution in [-0.2, 0) is 4.79 Å². The van der Waals surface area contributed by atoms with Crippen LogP contribution in [0.5, 0.6) is 0 Å². The van der Waals surface area contributed by atoms with Crippen molar-refractivity contribution in [2.75, 3.05) is 0 Å². The molecule has 4 nitrogen and oxygen atoms in total. The van der Waals surface area contributed by atoms with Gasteiger partial charge in [-0.2, -0.15) is 0 Å². The lowest BCUT2D eigenvalue weighted by Crippen LogP contribution is -2.40. The van der Waals surface area contributed by atoms with Crippen LogP contribution in [0.3, 0.4) is 0 Å². The molecule has 1 atom stereocenters. The third kappa shape index (κ3) is 4.84. The molecule has 0 aliphatic carbocycles. The standard InChI is InChI=1S/C13H15BrClNO3/c1-2-3-4-11(13(18)19)16-12(17)9-7-8(15)5-6-10(9)14/h5-7,11H,2-4H2,1H3,(H,16,17)(H,18,19)/t11-/m0/s1. The fourth-order valence-corrected chi connectivity index (χ4v) is 2.17. The van der Waals surface area contributed by atoms with Gasteiger partial charge in [0.25, 0.3) is 5.91 Å². The largest absolute Gasteiger partial charge is 0.480 e. The second-order valence-electron chi connectivity index (χ2n) is 4.13. The van der Waals surface area contributed by atoms with Crippen molar-refractivity contribution in [3.63, 3.8) is 0 Å². The average molecular weight is 349 g/mol. The first kappa shape index (κ1) is 16.0. The summed E-state index contributed by atoms with van der Waals surface area (Å²) in [6, 6.07) is 3.92. The van der Waals surface area contributed by atoms with Crippen LogP contribution in [0.2, 0.25) is 5.02 Å². The zero-order valence-electron chi connectivity index (χ0n) is 10.5. The smallest absolute Gasteiger partial charge is 0.326 e. The molecule has 1 aromatic rings. The molecule has 0 radical (unpaired) electrons. The summed E-state index contributed by atoms with van der Waals surface area (Å²) in [6.07, 6.45) is 2.03. The molecular formula is C13H15BrClNO3. The van der Waals surface area contributed by atoms with Gasteiger partial charge in [0.1, 0.15) is 6.04 Å². The number of carboxylic acid groups (broad SMARTS) is 1. The summed E-state index contributed by atoms with van der Waals surface area (Å²) < 4.78 is 0.578. The zero-order chi connectivity index (χ0) is 14.4. The number of hydrogen-bond donors (Lipinski definition) is 2. The van der Waals surface area contributed by atoms with Crippen molar-refractivity contribution in [3.05, 3.63) is 33.3 Å². The number of carbonyl (C=O) groups excluding carboxylic acids is 1. The highest BCUT2D eigenvalue weighted by molar-refractivity contribution is 9.10. The molecule has 0 aliphatic rings. The number of halogens is 2. The Hall–Kier alpha value is -1.07. The lowest BCUT2D eigenvalue weighted by molar-refractivity contribution is -0.139.